The largest absolute Gasteiger partial charge is 0.369 e. The predicted molar refractivity (Wildman–Crippen MR) is 140 cm³/mol. The van der Waals surface area contributed by atoms with Crippen molar-refractivity contribution < 1.29 is 18.3 Å². The number of unbranched alkanes of at least 4 members (excludes halogenated alkanes) is 4. The fraction of sp³-hybridized carbons (Fsp3) is 0.792. The molecule has 0 radical (unpaired) electrons. The number of aromatic amines is 1. The number of H-pyrrole nitrogens is 1. The van der Waals surface area contributed by atoms with Crippen molar-refractivity contribution in [2.45, 2.75) is 85.6 Å². The predicted octanol–water partition coefficient (Wildman–Crippen LogP) is 5.34. The molecule has 0 amide bonds. The van der Waals surface area contributed by atoms with Crippen molar-refractivity contribution in [3.05, 3.63) is 16.7 Å². The van der Waals surface area contributed by atoms with Crippen LogP contribution in [0, 0.1) is 11.8 Å². The summed E-state index contributed by atoms with van der Waals surface area (Å²) in [6, 6.07) is 0. The normalized spacial score (nSPS) is 12.4. The average Bonchev–Trinajstić information content (AvgIpc) is 3.19. The lowest BCUT2D eigenvalue weighted by Crippen LogP contribution is -2.13. The highest BCUT2D eigenvalue weighted by Crippen LogP contribution is 2.48. The van der Waals surface area contributed by atoms with E-state index in [2.05, 4.69) is 42.6 Å². The van der Waals surface area contributed by atoms with Gasteiger partial charge in [0.1, 0.15) is 6.35 Å². The number of nitrogens with two attached hydrogens (primary N) is 1. The monoisotopic (exact) mass is 513 g/mol. The maximum absolute atomic E-state index is 13.3. The van der Waals surface area contributed by atoms with E-state index in [-0.39, 0.29) is 30.0 Å². The van der Waals surface area contributed by atoms with Gasteiger partial charge in [-0.2, -0.15) is 4.98 Å². The molecule has 0 saturated carbocycles. The Labute approximate surface area is 208 Å². The van der Waals surface area contributed by atoms with Crippen LogP contribution in [0.1, 0.15) is 79.1 Å². The smallest absolute Gasteiger partial charge is 0.356 e. The minimum Gasteiger partial charge on any atom is -0.369 e. The molecule has 35 heavy (non-hydrogen) atoms. The summed E-state index contributed by atoms with van der Waals surface area (Å²) in [7, 11) is -3.36. The Morgan fingerprint density at radius 3 is 2.14 bits per heavy atom. The molecule has 0 unspecified atom stereocenters. The van der Waals surface area contributed by atoms with E-state index in [9.17, 15) is 9.36 Å². The second-order valence-corrected chi connectivity index (χ2v) is 11.9. The van der Waals surface area contributed by atoms with Crippen molar-refractivity contribution >= 4 is 24.7 Å². The Balaban J connectivity index is 1.82. The van der Waals surface area contributed by atoms with E-state index in [1.54, 1.807) is 4.57 Å². The molecule has 0 aromatic carbocycles. The van der Waals surface area contributed by atoms with E-state index in [0.29, 0.717) is 37.2 Å². The molecule has 2 heterocycles. The summed E-state index contributed by atoms with van der Waals surface area (Å²) < 4.78 is 32.1. The van der Waals surface area contributed by atoms with Crippen LogP contribution >= 0.6 is 7.60 Å². The van der Waals surface area contributed by atoms with E-state index < -0.39 is 7.60 Å². The number of aromatic nitrogens is 4. The maximum atomic E-state index is 13.3. The summed E-state index contributed by atoms with van der Waals surface area (Å²) in [5, 5.41) is 0. The highest BCUT2D eigenvalue weighted by atomic mass is 31.2. The molecule has 0 saturated heterocycles. The Hall–Kier alpha value is -1.74. The number of fused-ring (bicyclic) bond motifs is 1. The molecule has 0 aliphatic carbocycles. The Morgan fingerprint density at radius 1 is 0.971 bits per heavy atom. The van der Waals surface area contributed by atoms with Crippen LogP contribution in [0.25, 0.3) is 11.2 Å². The summed E-state index contributed by atoms with van der Waals surface area (Å²) in [4.78, 5) is 22.6. The summed E-state index contributed by atoms with van der Waals surface area (Å²) >= 11 is 0. The molecule has 2 rings (SSSR count). The van der Waals surface area contributed by atoms with E-state index in [0.717, 1.165) is 38.5 Å². The lowest BCUT2D eigenvalue weighted by molar-refractivity contribution is 0.121. The molecule has 3 N–H and O–H groups in total. The molecule has 2 aromatic heterocycles. The number of nitrogens with zero attached hydrogens (tertiary/aromatic N) is 3. The second kappa shape index (κ2) is 15.4. The minimum atomic E-state index is -3.36. The summed E-state index contributed by atoms with van der Waals surface area (Å²) in [5.74, 6) is 1.40. The fourth-order valence-electron chi connectivity index (χ4n) is 3.66. The van der Waals surface area contributed by atoms with E-state index in [1.807, 2.05) is 0 Å². The summed E-state index contributed by atoms with van der Waals surface area (Å²) in [5.41, 5.74) is 5.85. The second-order valence-electron chi connectivity index (χ2n) is 9.86. The van der Waals surface area contributed by atoms with Crippen molar-refractivity contribution in [1.82, 2.24) is 19.5 Å². The summed E-state index contributed by atoms with van der Waals surface area (Å²) in [6.45, 7) is 10.3. The summed E-state index contributed by atoms with van der Waals surface area (Å²) in [6.07, 6.45) is 9.80. The molecule has 10 nitrogen and oxygen atoms in total. The average molecular weight is 514 g/mol. The molecule has 0 bridgehead atoms. The van der Waals surface area contributed by atoms with Gasteiger partial charge in [0.15, 0.2) is 11.2 Å². The first-order chi connectivity index (χ1) is 16.7. The van der Waals surface area contributed by atoms with Crippen LogP contribution in [-0.2, 0) is 24.9 Å². The first-order valence-corrected chi connectivity index (χ1v) is 14.6. The van der Waals surface area contributed by atoms with E-state index in [1.165, 1.54) is 19.2 Å². The number of hydrogen-bond acceptors (Lipinski definition) is 8. The molecule has 0 spiro atoms. The third-order valence-electron chi connectivity index (χ3n) is 5.65. The van der Waals surface area contributed by atoms with Gasteiger partial charge in [-0.1, -0.05) is 66.2 Å². The quantitative estimate of drug-likeness (QED) is 0.190. The molecule has 0 aliphatic heterocycles. The number of anilines is 1. The molecule has 0 aliphatic rings. The van der Waals surface area contributed by atoms with Crippen LogP contribution in [0.15, 0.2) is 11.1 Å². The highest BCUT2D eigenvalue weighted by molar-refractivity contribution is 7.53. The highest BCUT2D eigenvalue weighted by Gasteiger charge is 2.25. The van der Waals surface area contributed by atoms with Crippen LogP contribution < -0.4 is 11.3 Å². The number of rotatable bonds is 19. The van der Waals surface area contributed by atoms with Gasteiger partial charge in [0.2, 0.25) is 5.95 Å². The SMILES string of the molecule is CC(C)CCCCCOP(=O)(COCCn1cnc2c(=O)[nH]c(N)nc21)OCCCCCC(C)C. The maximum Gasteiger partial charge on any atom is 0.356 e. The van der Waals surface area contributed by atoms with E-state index >= 15 is 0 Å². The van der Waals surface area contributed by atoms with Crippen LogP contribution in [-0.4, -0.2) is 45.7 Å². The zero-order valence-electron chi connectivity index (χ0n) is 21.8. The third kappa shape index (κ3) is 11.2. The number of ether oxygens (including phenoxy) is 1. The zero-order chi connectivity index (χ0) is 25.7. The fourth-order valence-corrected chi connectivity index (χ4v) is 5.05. The molecular formula is C24H44N5O5P. The minimum absolute atomic E-state index is 0.0262. The lowest BCUT2D eigenvalue weighted by atomic mass is 10.1. The van der Waals surface area contributed by atoms with E-state index in [4.69, 9.17) is 19.5 Å². The van der Waals surface area contributed by atoms with Crippen molar-refractivity contribution in [2.24, 2.45) is 11.8 Å². The molecular weight excluding hydrogens is 469 g/mol. The van der Waals surface area contributed by atoms with Crippen molar-refractivity contribution in [2.75, 3.05) is 31.9 Å². The Bertz CT molecular complexity index is 951. The van der Waals surface area contributed by atoms with Crippen molar-refractivity contribution in [3.8, 4) is 0 Å². The van der Waals surface area contributed by atoms with Gasteiger partial charge in [-0.05, 0) is 24.7 Å². The Morgan fingerprint density at radius 2 is 1.57 bits per heavy atom. The zero-order valence-corrected chi connectivity index (χ0v) is 22.7. The molecule has 0 fully saturated rings. The molecule has 2 aromatic rings. The number of imidazole rings is 1. The van der Waals surface area contributed by atoms with Gasteiger partial charge >= 0.3 is 7.60 Å². The third-order valence-corrected chi connectivity index (χ3v) is 7.30. The van der Waals surface area contributed by atoms with Crippen LogP contribution in [0.2, 0.25) is 0 Å². The number of hydrogen-bond donors (Lipinski definition) is 2. The van der Waals surface area contributed by atoms with Crippen LogP contribution in [0.5, 0.6) is 0 Å². The van der Waals surface area contributed by atoms with Gasteiger partial charge in [-0.3, -0.25) is 14.3 Å². The van der Waals surface area contributed by atoms with Crippen LogP contribution in [0.4, 0.5) is 5.95 Å². The van der Waals surface area contributed by atoms with Gasteiger partial charge in [0.25, 0.3) is 5.56 Å². The van der Waals surface area contributed by atoms with Gasteiger partial charge in [-0.15, -0.1) is 0 Å². The standard InChI is InChI=1S/C24H44N5O5P/c1-19(2)11-7-5-9-14-33-35(31,34-15-10-6-8-12-20(3)4)18-32-16-13-29-17-26-21-22(29)27-24(25)28-23(21)30/h17,19-20H,5-16,18H2,1-4H3,(H3,25,27,28,30). The van der Waals surface area contributed by atoms with Crippen molar-refractivity contribution in [1.29, 1.82) is 0 Å². The van der Waals surface area contributed by atoms with Gasteiger partial charge < -0.3 is 24.1 Å². The molecule has 0 atom stereocenters. The first-order valence-electron chi connectivity index (χ1n) is 12.9. The molecule has 11 heteroatoms. The van der Waals surface area contributed by atoms with Gasteiger partial charge in [-0.25, -0.2) is 4.98 Å². The molecule has 200 valence electrons. The Kier molecular flexibility index (Phi) is 13.0. The lowest BCUT2D eigenvalue weighted by Gasteiger charge is -2.19. The first kappa shape index (κ1) is 29.5. The number of nitrogen functional groups attached to an aromatic ring is 1. The topological polar surface area (TPSA) is 134 Å². The number of nitrogens with one attached hydrogen (secondary N) is 1. The van der Waals surface area contributed by atoms with Crippen LogP contribution in [0.3, 0.4) is 0 Å². The van der Waals surface area contributed by atoms with Gasteiger partial charge in [0.05, 0.1) is 26.1 Å². The van der Waals surface area contributed by atoms with Crippen molar-refractivity contribution in [3.63, 3.8) is 0 Å². The van der Waals surface area contributed by atoms with Gasteiger partial charge in [0, 0.05) is 6.54 Å².